The van der Waals surface area contributed by atoms with Gasteiger partial charge in [0.25, 0.3) is 5.91 Å². The molecule has 5 nitrogen and oxygen atoms in total. The first kappa shape index (κ1) is 16.8. The largest absolute Gasteiger partial charge is 0.416 e. The van der Waals surface area contributed by atoms with Crippen LogP contribution in [0.3, 0.4) is 0 Å². The summed E-state index contributed by atoms with van der Waals surface area (Å²) in [5, 5.41) is 12.8. The van der Waals surface area contributed by atoms with Crippen molar-refractivity contribution >= 4 is 11.9 Å². The van der Waals surface area contributed by atoms with E-state index in [1.807, 2.05) is 0 Å². The van der Waals surface area contributed by atoms with Gasteiger partial charge in [-0.05, 0) is 43.4 Å². The highest BCUT2D eigenvalue weighted by Crippen LogP contribution is 2.42. The van der Waals surface area contributed by atoms with E-state index in [0.29, 0.717) is 0 Å². The summed E-state index contributed by atoms with van der Waals surface area (Å²) in [6.07, 6.45) is -3.99. The number of aliphatic hydroxyl groups excluding tert-OH is 1. The van der Waals surface area contributed by atoms with Crippen LogP contribution in [0, 0.1) is 5.92 Å². The van der Waals surface area contributed by atoms with Crippen LogP contribution in [-0.2, 0) is 11.0 Å². The second-order valence-electron chi connectivity index (χ2n) is 6.46. The molecule has 0 radical (unpaired) electrons. The number of carbonyl (C=O) groups excluding carboxylic acids is 2. The fourth-order valence-electron chi connectivity index (χ4n) is 2.99. The first-order chi connectivity index (χ1) is 11.1. The maximum absolute atomic E-state index is 12.5. The predicted octanol–water partition coefficient (Wildman–Crippen LogP) is 2.46. The molecule has 3 amide bonds. The van der Waals surface area contributed by atoms with E-state index in [4.69, 9.17) is 0 Å². The first-order valence-electron chi connectivity index (χ1n) is 7.62. The highest BCUT2D eigenvalue weighted by atomic mass is 19.4. The Bertz CT molecular complexity index is 670. The lowest BCUT2D eigenvalue weighted by atomic mass is 9.96. The average Bonchev–Trinajstić information content (AvgIpc) is 3.33. The number of aliphatic hydroxyl groups is 1. The lowest BCUT2D eigenvalue weighted by Crippen LogP contribution is -2.46. The Balaban J connectivity index is 1.71. The average molecular weight is 342 g/mol. The SMILES string of the molecule is C[C@@]1(C2CC2)NC(=O)N(C[C@@H](O)c2ccc(C(F)(F)F)cc2)C1=O. The number of hydrogen-bond donors (Lipinski definition) is 2. The topological polar surface area (TPSA) is 69.6 Å². The summed E-state index contributed by atoms with van der Waals surface area (Å²) in [6, 6.07) is 3.43. The van der Waals surface area contributed by atoms with Crippen molar-refractivity contribution in [3.05, 3.63) is 35.4 Å². The van der Waals surface area contributed by atoms with Crippen LogP contribution in [0.1, 0.15) is 37.0 Å². The van der Waals surface area contributed by atoms with E-state index in [1.165, 1.54) is 0 Å². The molecule has 1 aromatic carbocycles. The van der Waals surface area contributed by atoms with E-state index in [1.54, 1.807) is 6.92 Å². The Morgan fingerprint density at radius 1 is 1.29 bits per heavy atom. The summed E-state index contributed by atoms with van der Waals surface area (Å²) in [7, 11) is 0. The molecule has 2 aliphatic rings. The Hall–Kier alpha value is -2.09. The lowest BCUT2D eigenvalue weighted by Gasteiger charge is -2.22. The molecule has 0 unspecified atom stereocenters. The maximum atomic E-state index is 12.5. The van der Waals surface area contributed by atoms with Crippen LogP contribution in [-0.4, -0.2) is 34.0 Å². The summed E-state index contributed by atoms with van der Waals surface area (Å²) < 4.78 is 37.6. The number of urea groups is 1. The van der Waals surface area contributed by atoms with Crippen molar-refractivity contribution in [2.45, 2.75) is 37.6 Å². The van der Waals surface area contributed by atoms with Crippen molar-refractivity contribution in [3.8, 4) is 0 Å². The maximum Gasteiger partial charge on any atom is 0.416 e. The summed E-state index contributed by atoms with van der Waals surface area (Å²) in [4.78, 5) is 25.4. The number of benzene rings is 1. The van der Waals surface area contributed by atoms with Gasteiger partial charge < -0.3 is 10.4 Å². The third kappa shape index (κ3) is 2.86. The molecule has 1 heterocycles. The van der Waals surface area contributed by atoms with Crippen LogP contribution in [0.15, 0.2) is 24.3 Å². The van der Waals surface area contributed by atoms with Crippen LogP contribution in [0.4, 0.5) is 18.0 Å². The zero-order valence-electron chi connectivity index (χ0n) is 12.9. The molecule has 1 aliphatic carbocycles. The van der Waals surface area contributed by atoms with Gasteiger partial charge in [0, 0.05) is 0 Å². The van der Waals surface area contributed by atoms with Gasteiger partial charge in [-0.15, -0.1) is 0 Å². The number of alkyl halides is 3. The zero-order chi connectivity index (χ0) is 17.7. The van der Waals surface area contributed by atoms with Crippen LogP contribution >= 0.6 is 0 Å². The number of rotatable bonds is 4. The number of imide groups is 1. The van der Waals surface area contributed by atoms with Gasteiger partial charge in [-0.25, -0.2) is 4.79 Å². The number of hydrogen-bond acceptors (Lipinski definition) is 3. The standard InChI is InChI=1S/C16H17F3N2O3/c1-15(10-6-7-10)13(23)21(14(24)20-15)8-12(22)9-2-4-11(5-3-9)16(17,18)19/h2-5,10,12,22H,6-8H2,1H3,(H,20,24)/t12-,15+/m1/s1. The number of nitrogens with one attached hydrogen (secondary N) is 1. The minimum absolute atomic E-state index is 0.0992. The summed E-state index contributed by atoms with van der Waals surface area (Å²) in [6.45, 7) is 1.37. The first-order valence-corrected chi connectivity index (χ1v) is 7.62. The predicted molar refractivity (Wildman–Crippen MR) is 77.8 cm³/mol. The quantitative estimate of drug-likeness (QED) is 0.826. The number of β-amino-alcohol motifs (C(OH)–C–C–N with tert-alkyl or cyclic N) is 1. The molecule has 1 aliphatic heterocycles. The normalized spacial score (nSPS) is 25.8. The fraction of sp³-hybridized carbons (Fsp3) is 0.500. The van der Waals surface area contributed by atoms with Crippen molar-refractivity contribution in [1.82, 2.24) is 10.2 Å². The van der Waals surface area contributed by atoms with Gasteiger partial charge in [-0.1, -0.05) is 12.1 Å². The lowest BCUT2D eigenvalue weighted by molar-refractivity contribution is -0.137. The molecule has 1 aromatic rings. The van der Waals surface area contributed by atoms with Crippen LogP contribution < -0.4 is 5.32 Å². The van der Waals surface area contributed by atoms with Crippen LogP contribution in [0.5, 0.6) is 0 Å². The second kappa shape index (κ2) is 5.47. The Kier molecular flexibility index (Phi) is 3.82. The van der Waals surface area contributed by atoms with Crippen molar-refractivity contribution in [3.63, 3.8) is 0 Å². The van der Waals surface area contributed by atoms with E-state index >= 15 is 0 Å². The molecule has 2 N–H and O–H groups in total. The highest BCUT2D eigenvalue weighted by Gasteiger charge is 2.56. The Morgan fingerprint density at radius 3 is 2.38 bits per heavy atom. The van der Waals surface area contributed by atoms with E-state index in [-0.39, 0.29) is 18.0 Å². The van der Waals surface area contributed by atoms with E-state index in [0.717, 1.165) is 42.0 Å². The number of halogens is 3. The molecule has 130 valence electrons. The molecule has 0 bridgehead atoms. The molecule has 2 fully saturated rings. The highest BCUT2D eigenvalue weighted by molar-refractivity contribution is 6.07. The zero-order valence-corrected chi connectivity index (χ0v) is 12.9. The molecule has 1 saturated carbocycles. The molecule has 0 spiro atoms. The third-order valence-electron chi connectivity index (χ3n) is 4.67. The van der Waals surface area contributed by atoms with Crippen LogP contribution in [0.25, 0.3) is 0 Å². The Morgan fingerprint density at radius 2 is 1.88 bits per heavy atom. The fourth-order valence-corrected chi connectivity index (χ4v) is 2.99. The van der Waals surface area contributed by atoms with Gasteiger partial charge in [0.2, 0.25) is 0 Å². The van der Waals surface area contributed by atoms with E-state index in [9.17, 15) is 27.9 Å². The van der Waals surface area contributed by atoms with Gasteiger partial charge in [-0.2, -0.15) is 13.2 Å². The number of nitrogens with zero attached hydrogens (tertiary/aromatic N) is 1. The second-order valence-corrected chi connectivity index (χ2v) is 6.46. The summed E-state index contributed by atoms with van der Waals surface area (Å²) >= 11 is 0. The third-order valence-corrected chi connectivity index (χ3v) is 4.67. The van der Waals surface area contributed by atoms with Gasteiger partial charge in [0.05, 0.1) is 18.2 Å². The summed E-state index contributed by atoms with van der Waals surface area (Å²) in [5.41, 5.74) is -1.56. The van der Waals surface area contributed by atoms with Gasteiger partial charge >= 0.3 is 12.2 Å². The van der Waals surface area contributed by atoms with E-state index < -0.39 is 35.3 Å². The van der Waals surface area contributed by atoms with Crippen molar-refractivity contribution < 1.29 is 27.9 Å². The monoisotopic (exact) mass is 342 g/mol. The molecular weight excluding hydrogens is 325 g/mol. The minimum atomic E-state index is -4.46. The van der Waals surface area contributed by atoms with Gasteiger partial charge in [0.15, 0.2) is 0 Å². The molecular formula is C16H17F3N2O3. The molecule has 24 heavy (non-hydrogen) atoms. The van der Waals surface area contributed by atoms with Crippen molar-refractivity contribution in [2.75, 3.05) is 6.54 Å². The number of carbonyl (C=O) groups is 2. The van der Waals surface area contributed by atoms with Crippen molar-refractivity contribution in [1.29, 1.82) is 0 Å². The smallest absolute Gasteiger partial charge is 0.387 e. The summed E-state index contributed by atoms with van der Waals surface area (Å²) in [5.74, 6) is -0.303. The minimum Gasteiger partial charge on any atom is -0.387 e. The van der Waals surface area contributed by atoms with Gasteiger partial charge in [0.1, 0.15) is 5.54 Å². The molecule has 1 saturated heterocycles. The Labute approximate surface area is 136 Å². The van der Waals surface area contributed by atoms with Crippen molar-refractivity contribution in [2.24, 2.45) is 5.92 Å². The molecule has 0 aromatic heterocycles. The molecule has 3 rings (SSSR count). The number of amides is 3. The van der Waals surface area contributed by atoms with E-state index in [2.05, 4.69) is 5.32 Å². The molecule has 8 heteroatoms. The van der Waals surface area contributed by atoms with Crippen LogP contribution in [0.2, 0.25) is 0 Å². The molecule has 2 atom stereocenters. The van der Waals surface area contributed by atoms with Gasteiger partial charge in [-0.3, -0.25) is 9.69 Å².